The zero-order chi connectivity index (χ0) is 14.2. The van der Waals surface area contributed by atoms with E-state index in [1.165, 1.54) is 18.2 Å². The molecule has 0 radical (unpaired) electrons. The average molecular weight is 279 g/mol. The maximum absolute atomic E-state index is 12.4. The summed E-state index contributed by atoms with van der Waals surface area (Å²) < 4.78 is 46.5. The number of hydrogen-bond donors (Lipinski definition) is 0. The number of halogens is 3. The normalized spacial score (nSPS) is 11.8. The molecule has 2 aromatic carbocycles. The standard InChI is InChI=1S/C14H8F3NO2/c15-14(16,17)20-11-7-3-1-5-9(11)13-18-10-6-2-4-8-12(10)19-13/h1-8H. The van der Waals surface area contributed by atoms with Gasteiger partial charge in [0, 0.05) is 0 Å². The Morgan fingerprint density at radius 2 is 1.65 bits per heavy atom. The molecule has 0 aliphatic heterocycles. The van der Waals surface area contributed by atoms with Gasteiger partial charge in [0.1, 0.15) is 11.3 Å². The van der Waals surface area contributed by atoms with Crippen molar-refractivity contribution in [1.29, 1.82) is 0 Å². The minimum Gasteiger partial charge on any atom is -0.436 e. The minimum absolute atomic E-state index is 0.0889. The first-order valence-corrected chi connectivity index (χ1v) is 5.74. The number of rotatable bonds is 2. The van der Waals surface area contributed by atoms with Crippen molar-refractivity contribution in [2.75, 3.05) is 0 Å². The van der Waals surface area contributed by atoms with E-state index in [0.717, 1.165) is 0 Å². The molecule has 3 aromatic rings. The fourth-order valence-electron chi connectivity index (χ4n) is 1.84. The number of aromatic nitrogens is 1. The van der Waals surface area contributed by atoms with E-state index >= 15 is 0 Å². The summed E-state index contributed by atoms with van der Waals surface area (Å²) in [4.78, 5) is 4.16. The van der Waals surface area contributed by atoms with Gasteiger partial charge in [-0.25, -0.2) is 4.98 Å². The Hall–Kier alpha value is -2.50. The van der Waals surface area contributed by atoms with Crippen molar-refractivity contribution in [3.05, 3.63) is 48.5 Å². The van der Waals surface area contributed by atoms with Crippen LogP contribution in [0.25, 0.3) is 22.6 Å². The van der Waals surface area contributed by atoms with Crippen LogP contribution in [-0.4, -0.2) is 11.3 Å². The van der Waals surface area contributed by atoms with Crippen molar-refractivity contribution in [2.24, 2.45) is 0 Å². The van der Waals surface area contributed by atoms with Gasteiger partial charge < -0.3 is 9.15 Å². The van der Waals surface area contributed by atoms with Gasteiger partial charge in [-0.05, 0) is 24.3 Å². The van der Waals surface area contributed by atoms with Crippen molar-refractivity contribution < 1.29 is 22.3 Å². The summed E-state index contributed by atoms with van der Waals surface area (Å²) in [5.41, 5.74) is 1.23. The molecule has 1 heterocycles. The maximum atomic E-state index is 12.4. The van der Waals surface area contributed by atoms with Crippen molar-refractivity contribution in [3.63, 3.8) is 0 Å². The highest BCUT2D eigenvalue weighted by atomic mass is 19.4. The molecule has 0 saturated carbocycles. The largest absolute Gasteiger partial charge is 0.573 e. The summed E-state index contributed by atoms with van der Waals surface area (Å²) in [5.74, 6) is -0.252. The molecule has 6 heteroatoms. The van der Waals surface area contributed by atoms with Gasteiger partial charge in [0.15, 0.2) is 5.58 Å². The monoisotopic (exact) mass is 279 g/mol. The third-order valence-corrected chi connectivity index (χ3v) is 2.64. The molecule has 0 spiro atoms. The van der Waals surface area contributed by atoms with Gasteiger partial charge >= 0.3 is 6.36 Å². The number of fused-ring (bicyclic) bond motifs is 1. The number of para-hydroxylation sites is 3. The molecular formula is C14H8F3NO2. The quantitative estimate of drug-likeness (QED) is 0.697. The maximum Gasteiger partial charge on any atom is 0.573 e. The molecular weight excluding hydrogens is 271 g/mol. The van der Waals surface area contributed by atoms with E-state index in [0.29, 0.717) is 11.1 Å². The molecule has 0 N–H and O–H groups in total. The van der Waals surface area contributed by atoms with Crippen molar-refractivity contribution in [2.45, 2.75) is 6.36 Å². The zero-order valence-electron chi connectivity index (χ0n) is 10.0. The lowest BCUT2D eigenvalue weighted by Crippen LogP contribution is -2.17. The molecule has 0 fully saturated rings. The fraction of sp³-hybridized carbons (Fsp3) is 0.0714. The summed E-state index contributed by atoms with van der Waals surface area (Å²) in [6, 6.07) is 12.7. The SMILES string of the molecule is FC(F)(F)Oc1ccccc1-c1nc2ccccc2o1. The Morgan fingerprint density at radius 3 is 2.40 bits per heavy atom. The first-order chi connectivity index (χ1) is 9.53. The van der Waals surface area contributed by atoms with Crippen molar-refractivity contribution in [1.82, 2.24) is 4.98 Å². The van der Waals surface area contributed by atoms with E-state index in [9.17, 15) is 13.2 Å². The van der Waals surface area contributed by atoms with Gasteiger partial charge in [0.25, 0.3) is 0 Å². The van der Waals surface area contributed by atoms with E-state index in [2.05, 4.69) is 9.72 Å². The Labute approximate surface area is 111 Å². The van der Waals surface area contributed by atoms with E-state index in [4.69, 9.17) is 4.42 Å². The lowest BCUT2D eigenvalue weighted by Gasteiger charge is -2.10. The van der Waals surface area contributed by atoms with Crippen LogP contribution in [0.1, 0.15) is 0 Å². The van der Waals surface area contributed by atoms with Crippen LogP contribution in [0.3, 0.4) is 0 Å². The van der Waals surface area contributed by atoms with Gasteiger partial charge in [-0.2, -0.15) is 0 Å². The third kappa shape index (κ3) is 2.45. The van der Waals surface area contributed by atoms with Crippen LogP contribution in [0.5, 0.6) is 5.75 Å². The Morgan fingerprint density at radius 1 is 0.950 bits per heavy atom. The lowest BCUT2D eigenvalue weighted by molar-refractivity contribution is -0.274. The first kappa shape index (κ1) is 12.5. The van der Waals surface area contributed by atoms with Crippen LogP contribution in [0, 0.1) is 0 Å². The molecule has 20 heavy (non-hydrogen) atoms. The number of nitrogens with zero attached hydrogens (tertiary/aromatic N) is 1. The number of ether oxygens (including phenoxy) is 1. The summed E-state index contributed by atoms with van der Waals surface area (Å²) in [6.45, 7) is 0. The van der Waals surface area contributed by atoms with Gasteiger partial charge in [-0.1, -0.05) is 24.3 Å². The van der Waals surface area contributed by atoms with Crippen LogP contribution < -0.4 is 4.74 Å². The molecule has 0 unspecified atom stereocenters. The predicted molar refractivity (Wildman–Crippen MR) is 66.1 cm³/mol. The fourth-order valence-corrected chi connectivity index (χ4v) is 1.84. The van der Waals surface area contributed by atoms with Crippen LogP contribution in [0.2, 0.25) is 0 Å². The van der Waals surface area contributed by atoms with Crippen LogP contribution in [0.15, 0.2) is 52.9 Å². The average Bonchev–Trinajstić information content (AvgIpc) is 2.81. The zero-order valence-corrected chi connectivity index (χ0v) is 10.0. The Kier molecular flexibility index (Phi) is 2.85. The topological polar surface area (TPSA) is 35.3 Å². The molecule has 0 aliphatic rings. The number of hydrogen-bond acceptors (Lipinski definition) is 3. The van der Waals surface area contributed by atoms with E-state index < -0.39 is 6.36 Å². The van der Waals surface area contributed by atoms with Crippen LogP contribution in [-0.2, 0) is 0 Å². The predicted octanol–water partition coefficient (Wildman–Crippen LogP) is 4.39. The number of alkyl halides is 3. The summed E-state index contributed by atoms with van der Waals surface area (Å²) >= 11 is 0. The molecule has 0 saturated heterocycles. The molecule has 0 amide bonds. The molecule has 1 aromatic heterocycles. The Bertz CT molecular complexity index is 716. The van der Waals surface area contributed by atoms with E-state index in [1.54, 1.807) is 30.3 Å². The second-order valence-corrected chi connectivity index (χ2v) is 4.03. The second kappa shape index (κ2) is 4.56. The number of benzene rings is 2. The van der Waals surface area contributed by atoms with Crippen LogP contribution >= 0.6 is 0 Å². The molecule has 3 rings (SSSR count). The highest BCUT2D eigenvalue weighted by Gasteiger charge is 2.32. The third-order valence-electron chi connectivity index (χ3n) is 2.64. The van der Waals surface area contributed by atoms with Gasteiger partial charge in [-0.15, -0.1) is 13.2 Å². The highest BCUT2D eigenvalue weighted by Crippen LogP contribution is 2.34. The van der Waals surface area contributed by atoms with Gasteiger partial charge in [0.2, 0.25) is 5.89 Å². The minimum atomic E-state index is -4.76. The smallest absolute Gasteiger partial charge is 0.436 e. The van der Waals surface area contributed by atoms with Crippen LogP contribution in [0.4, 0.5) is 13.2 Å². The first-order valence-electron chi connectivity index (χ1n) is 5.74. The van der Waals surface area contributed by atoms with E-state index in [-0.39, 0.29) is 17.2 Å². The summed E-state index contributed by atoms with van der Waals surface area (Å²) in [5, 5.41) is 0. The lowest BCUT2D eigenvalue weighted by atomic mass is 10.2. The molecule has 0 atom stereocenters. The van der Waals surface area contributed by atoms with Gasteiger partial charge in [-0.3, -0.25) is 0 Å². The van der Waals surface area contributed by atoms with Crippen molar-refractivity contribution in [3.8, 4) is 17.2 Å². The van der Waals surface area contributed by atoms with Gasteiger partial charge in [0.05, 0.1) is 5.56 Å². The number of oxazole rings is 1. The molecule has 0 bridgehead atoms. The molecule has 3 nitrogen and oxygen atoms in total. The summed E-state index contributed by atoms with van der Waals surface area (Å²) in [7, 11) is 0. The summed E-state index contributed by atoms with van der Waals surface area (Å²) in [6.07, 6.45) is -4.76. The highest BCUT2D eigenvalue weighted by molar-refractivity contribution is 5.77. The molecule has 0 aliphatic carbocycles. The second-order valence-electron chi connectivity index (χ2n) is 4.03. The Balaban J connectivity index is 2.09. The van der Waals surface area contributed by atoms with E-state index in [1.807, 2.05) is 0 Å². The van der Waals surface area contributed by atoms with Crippen molar-refractivity contribution >= 4 is 11.1 Å². The molecule has 102 valence electrons.